The Morgan fingerprint density at radius 3 is 2.10 bits per heavy atom. The van der Waals surface area contributed by atoms with E-state index in [0.717, 1.165) is 10.5 Å². The van der Waals surface area contributed by atoms with Crippen LogP contribution in [0.3, 0.4) is 0 Å². The molecule has 0 aromatic heterocycles. The van der Waals surface area contributed by atoms with Gasteiger partial charge in [0.05, 0.1) is 6.10 Å². The highest BCUT2D eigenvalue weighted by Gasteiger charge is 2.17. The third kappa shape index (κ3) is 6.34. The van der Waals surface area contributed by atoms with Crippen LogP contribution in [0.1, 0.15) is 51.4 Å². The molecule has 1 aromatic rings. The van der Waals surface area contributed by atoms with Gasteiger partial charge in [0.15, 0.2) is 5.78 Å². The summed E-state index contributed by atoms with van der Waals surface area (Å²) in [6.07, 6.45) is 0.459. The van der Waals surface area contributed by atoms with Crippen molar-refractivity contribution >= 4 is 23.5 Å². The summed E-state index contributed by atoms with van der Waals surface area (Å²) in [6, 6.07) is 7.43. The van der Waals surface area contributed by atoms with E-state index in [2.05, 4.69) is 0 Å². The van der Waals surface area contributed by atoms with Crippen molar-refractivity contribution in [2.75, 3.05) is 0 Å². The van der Waals surface area contributed by atoms with Gasteiger partial charge in [-0.05, 0) is 38.8 Å². The molecule has 0 radical (unpaired) electrons. The molecule has 1 aromatic carbocycles. The van der Waals surface area contributed by atoms with Crippen LogP contribution in [-0.4, -0.2) is 23.1 Å². The van der Waals surface area contributed by atoms with Crippen LogP contribution in [0, 0.1) is 5.92 Å². The van der Waals surface area contributed by atoms with Gasteiger partial charge in [-0.2, -0.15) is 0 Å². The maximum absolute atomic E-state index is 11.9. The summed E-state index contributed by atoms with van der Waals surface area (Å²) in [6.45, 7) is 9.57. The predicted molar refractivity (Wildman–Crippen MR) is 86.8 cm³/mol. The molecule has 0 aliphatic heterocycles. The lowest BCUT2D eigenvalue weighted by Gasteiger charge is -2.13. The van der Waals surface area contributed by atoms with E-state index in [-0.39, 0.29) is 23.1 Å². The Hall–Kier alpha value is -1.29. The van der Waals surface area contributed by atoms with Crippen LogP contribution in [0.2, 0.25) is 0 Å². The molecule has 1 rings (SSSR count). The summed E-state index contributed by atoms with van der Waals surface area (Å²) >= 11 is 1.44. The van der Waals surface area contributed by atoms with E-state index in [4.69, 9.17) is 4.74 Å². The van der Waals surface area contributed by atoms with Gasteiger partial charge in [-0.15, -0.1) is 11.8 Å². The summed E-state index contributed by atoms with van der Waals surface area (Å²) in [5.41, 5.74) is 0.727. The van der Waals surface area contributed by atoms with Gasteiger partial charge in [0.2, 0.25) is 0 Å². The number of benzene rings is 1. The summed E-state index contributed by atoms with van der Waals surface area (Å²) < 4.78 is 5.18. The summed E-state index contributed by atoms with van der Waals surface area (Å²) in [5.74, 6) is 0.307. The zero-order chi connectivity index (χ0) is 16.0. The van der Waals surface area contributed by atoms with Gasteiger partial charge in [-0.1, -0.05) is 26.0 Å². The van der Waals surface area contributed by atoms with Crippen LogP contribution < -0.4 is 0 Å². The van der Waals surface area contributed by atoms with Crippen LogP contribution in [0.15, 0.2) is 29.2 Å². The third-order valence-electron chi connectivity index (χ3n) is 2.77. The van der Waals surface area contributed by atoms with E-state index < -0.39 is 0 Å². The molecule has 0 spiro atoms. The molecule has 1 unspecified atom stereocenters. The first-order chi connectivity index (χ1) is 9.79. The van der Waals surface area contributed by atoms with E-state index in [1.165, 1.54) is 11.8 Å². The largest absolute Gasteiger partial charge is 0.462 e. The average molecular weight is 308 g/mol. The Bertz CT molecular complexity index is 477. The Morgan fingerprint density at radius 2 is 1.62 bits per heavy atom. The summed E-state index contributed by atoms with van der Waals surface area (Å²) in [7, 11) is 0. The predicted octanol–water partition coefficient (Wildman–Crippen LogP) is 4.35. The maximum atomic E-state index is 11.9. The number of carbonyl (C=O) groups excluding carboxylic acids is 2. The SMILES string of the molecule is CC(C)CC(=O)c1ccc(SC(C)C(=O)OC(C)C)cc1. The second kappa shape index (κ2) is 8.23. The Balaban J connectivity index is 2.62. The van der Waals surface area contributed by atoms with Gasteiger partial charge in [-0.3, -0.25) is 9.59 Å². The Morgan fingerprint density at radius 1 is 1.05 bits per heavy atom. The molecule has 4 heteroatoms. The van der Waals surface area contributed by atoms with Crippen molar-refractivity contribution in [3.8, 4) is 0 Å². The van der Waals surface area contributed by atoms with Crippen LogP contribution >= 0.6 is 11.8 Å². The molecule has 0 N–H and O–H groups in total. The van der Waals surface area contributed by atoms with Crippen molar-refractivity contribution in [3.05, 3.63) is 29.8 Å². The van der Waals surface area contributed by atoms with Gasteiger partial charge in [-0.25, -0.2) is 0 Å². The molecular weight excluding hydrogens is 284 g/mol. The third-order valence-corrected chi connectivity index (χ3v) is 3.86. The number of hydrogen-bond donors (Lipinski definition) is 0. The second-order valence-electron chi connectivity index (χ2n) is 5.79. The maximum Gasteiger partial charge on any atom is 0.319 e. The van der Waals surface area contributed by atoms with Crippen LogP contribution in [-0.2, 0) is 9.53 Å². The molecule has 21 heavy (non-hydrogen) atoms. The lowest BCUT2D eigenvalue weighted by molar-refractivity contribution is -0.146. The molecule has 0 saturated heterocycles. The molecule has 0 fully saturated rings. The molecule has 0 bridgehead atoms. The van der Waals surface area contributed by atoms with Crippen LogP contribution in [0.4, 0.5) is 0 Å². The van der Waals surface area contributed by atoms with Gasteiger partial charge < -0.3 is 4.74 Å². The molecule has 1 atom stereocenters. The average Bonchev–Trinajstić information content (AvgIpc) is 2.37. The van der Waals surface area contributed by atoms with Crippen molar-refractivity contribution in [2.24, 2.45) is 5.92 Å². The zero-order valence-corrected chi connectivity index (χ0v) is 14.2. The number of esters is 1. The summed E-state index contributed by atoms with van der Waals surface area (Å²) in [4.78, 5) is 24.7. The molecule has 0 aliphatic carbocycles. The Labute approximate surface area is 131 Å². The standard InChI is InChI=1S/C17H24O3S/c1-11(2)10-16(18)14-6-8-15(9-7-14)21-13(5)17(19)20-12(3)4/h6-9,11-13H,10H2,1-5H3. The summed E-state index contributed by atoms with van der Waals surface area (Å²) in [5, 5.41) is -0.260. The first kappa shape index (κ1) is 17.8. The zero-order valence-electron chi connectivity index (χ0n) is 13.4. The number of thioether (sulfide) groups is 1. The van der Waals surface area contributed by atoms with Gasteiger partial charge in [0.1, 0.15) is 5.25 Å². The first-order valence-corrected chi connectivity index (χ1v) is 8.18. The molecule has 0 saturated carbocycles. The minimum Gasteiger partial charge on any atom is -0.462 e. The molecule has 0 amide bonds. The van der Waals surface area contributed by atoms with E-state index in [1.54, 1.807) is 0 Å². The quantitative estimate of drug-likeness (QED) is 0.427. The van der Waals surface area contributed by atoms with E-state index in [9.17, 15) is 9.59 Å². The topological polar surface area (TPSA) is 43.4 Å². The molecular formula is C17H24O3S. The van der Waals surface area contributed by atoms with E-state index >= 15 is 0 Å². The number of hydrogen-bond acceptors (Lipinski definition) is 4. The monoisotopic (exact) mass is 308 g/mol. The number of carbonyl (C=O) groups is 2. The number of rotatable bonds is 7. The lowest BCUT2D eigenvalue weighted by atomic mass is 10.0. The fourth-order valence-electron chi connectivity index (χ4n) is 1.79. The van der Waals surface area contributed by atoms with Crippen LogP contribution in [0.25, 0.3) is 0 Å². The highest BCUT2D eigenvalue weighted by Crippen LogP contribution is 2.25. The number of ketones is 1. The smallest absolute Gasteiger partial charge is 0.319 e. The molecule has 116 valence electrons. The first-order valence-electron chi connectivity index (χ1n) is 7.30. The second-order valence-corrected chi connectivity index (χ2v) is 7.21. The molecule has 0 aliphatic rings. The highest BCUT2D eigenvalue weighted by molar-refractivity contribution is 8.00. The van der Waals surface area contributed by atoms with Gasteiger partial charge in [0.25, 0.3) is 0 Å². The fraction of sp³-hybridized carbons (Fsp3) is 0.529. The van der Waals surface area contributed by atoms with E-state index in [1.807, 2.05) is 58.9 Å². The van der Waals surface area contributed by atoms with Crippen LogP contribution in [0.5, 0.6) is 0 Å². The minimum absolute atomic E-state index is 0.100. The van der Waals surface area contributed by atoms with E-state index in [0.29, 0.717) is 12.3 Å². The fourth-order valence-corrected chi connectivity index (χ4v) is 2.64. The number of Topliss-reactive ketones (excluding diaryl/α,β-unsaturated/α-hetero) is 1. The minimum atomic E-state index is -0.260. The van der Waals surface area contributed by atoms with Crippen molar-refractivity contribution < 1.29 is 14.3 Å². The highest BCUT2D eigenvalue weighted by atomic mass is 32.2. The Kier molecular flexibility index (Phi) is 6.96. The van der Waals surface area contributed by atoms with Crippen molar-refractivity contribution in [3.63, 3.8) is 0 Å². The number of ether oxygens (including phenoxy) is 1. The lowest BCUT2D eigenvalue weighted by Crippen LogP contribution is -2.20. The normalized spacial score (nSPS) is 12.5. The van der Waals surface area contributed by atoms with Gasteiger partial charge in [0, 0.05) is 16.9 Å². The van der Waals surface area contributed by atoms with Crippen molar-refractivity contribution in [2.45, 2.75) is 57.3 Å². The van der Waals surface area contributed by atoms with Gasteiger partial charge >= 0.3 is 5.97 Å². The van der Waals surface area contributed by atoms with Crippen molar-refractivity contribution in [1.82, 2.24) is 0 Å². The molecule has 0 heterocycles. The van der Waals surface area contributed by atoms with Crippen molar-refractivity contribution in [1.29, 1.82) is 0 Å². The molecule has 3 nitrogen and oxygen atoms in total.